The summed E-state index contributed by atoms with van der Waals surface area (Å²) in [5, 5.41) is 0. The van der Waals surface area contributed by atoms with Crippen molar-refractivity contribution in [3.63, 3.8) is 0 Å². The quantitative estimate of drug-likeness (QED) is 0.731. The van der Waals surface area contributed by atoms with Gasteiger partial charge in [0.2, 0.25) is 6.29 Å². The Balaban J connectivity index is 1.97. The minimum Gasteiger partial charge on any atom is -0.307 e. The van der Waals surface area contributed by atoms with E-state index < -0.39 is 5.79 Å². The van der Waals surface area contributed by atoms with E-state index in [0.29, 0.717) is 0 Å². The molecule has 2 bridgehead atoms. The molecule has 2 aromatic rings. The Morgan fingerprint density at radius 2 is 1.68 bits per heavy atom. The second kappa shape index (κ2) is 3.90. The van der Waals surface area contributed by atoms with Crippen molar-refractivity contribution in [2.75, 3.05) is 0 Å². The molecule has 0 spiro atoms. The Morgan fingerprint density at radius 1 is 0.947 bits per heavy atom. The highest BCUT2D eigenvalue weighted by Crippen LogP contribution is 2.51. The number of hydrogen-bond donors (Lipinski definition) is 0. The summed E-state index contributed by atoms with van der Waals surface area (Å²) >= 11 is 0. The maximum absolute atomic E-state index is 6.07. The standard InChI is InChI=1S/C16H14O3/c1-11-13-9-5-6-10-14(13)16(17-15(11)18-19-16)12-7-3-2-4-8-12/h2-11,15H,1H3/t11-,15+,16-/m1/s1. The van der Waals surface area contributed by atoms with Crippen LogP contribution >= 0.6 is 0 Å². The van der Waals surface area contributed by atoms with Gasteiger partial charge in [-0.1, -0.05) is 61.5 Å². The van der Waals surface area contributed by atoms with Crippen LogP contribution in [0.15, 0.2) is 54.6 Å². The van der Waals surface area contributed by atoms with Crippen LogP contribution in [-0.4, -0.2) is 6.29 Å². The summed E-state index contributed by atoms with van der Waals surface area (Å²) in [6.45, 7) is 2.09. The van der Waals surface area contributed by atoms with Gasteiger partial charge in [0.15, 0.2) is 0 Å². The highest BCUT2D eigenvalue weighted by molar-refractivity contribution is 5.43. The fraction of sp³-hybridized carbons (Fsp3) is 0.250. The first-order valence-corrected chi connectivity index (χ1v) is 6.48. The van der Waals surface area contributed by atoms with Crippen molar-refractivity contribution >= 4 is 0 Å². The van der Waals surface area contributed by atoms with Crippen LogP contribution in [0.25, 0.3) is 0 Å². The van der Waals surface area contributed by atoms with Gasteiger partial charge in [0.25, 0.3) is 5.79 Å². The molecule has 2 aliphatic rings. The van der Waals surface area contributed by atoms with Crippen LogP contribution in [0.5, 0.6) is 0 Å². The number of fused-ring (bicyclic) bond motifs is 4. The van der Waals surface area contributed by atoms with E-state index in [1.165, 1.54) is 5.56 Å². The van der Waals surface area contributed by atoms with Crippen molar-refractivity contribution < 1.29 is 14.5 Å². The average Bonchev–Trinajstić information content (AvgIpc) is 2.89. The van der Waals surface area contributed by atoms with Gasteiger partial charge >= 0.3 is 0 Å². The third kappa shape index (κ3) is 1.43. The number of benzene rings is 2. The van der Waals surface area contributed by atoms with E-state index in [0.717, 1.165) is 11.1 Å². The minimum atomic E-state index is -0.922. The van der Waals surface area contributed by atoms with Gasteiger partial charge < -0.3 is 4.74 Å². The van der Waals surface area contributed by atoms with Crippen molar-refractivity contribution in [2.45, 2.75) is 24.9 Å². The largest absolute Gasteiger partial charge is 0.307 e. The Hall–Kier alpha value is -1.68. The molecule has 0 radical (unpaired) electrons. The van der Waals surface area contributed by atoms with E-state index in [9.17, 15) is 0 Å². The van der Waals surface area contributed by atoms with Gasteiger partial charge in [-0.25, -0.2) is 0 Å². The number of hydrogen-bond acceptors (Lipinski definition) is 3. The molecule has 2 aromatic carbocycles. The summed E-state index contributed by atoms with van der Waals surface area (Å²) in [6.07, 6.45) is -0.352. The van der Waals surface area contributed by atoms with Gasteiger partial charge in [-0.2, -0.15) is 9.78 Å². The van der Waals surface area contributed by atoms with Gasteiger partial charge in [-0.3, -0.25) is 0 Å². The Bertz CT molecular complexity index is 610. The molecule has 1 fully saturated rings. The zero-order chi connectivity index (χ0) is 12.9. The van der Waals surface area contributed by atoms with Crippen molar-refractivity contribution in [2.24, 2.45) is 0 Å². The predicted molar refractivity (Wildman–Crippen MR) is 69.1 cm³/mol. The van der Waals surface area contributed by atoms with Crippen molar-refractivity contribution in [3.05, 3.63) is 71.3 Å². The molecule has 2 heterocycles. The first-order valence-electron chi connectivity index (χ1n) is 6.48. The van der Waals surface area contributed by atoms with E-state index in [2.05, 4.69) is 13.0 Å². The third-order valence-electron chi connectivity index (χ3n) is 3.91. The van der Waals surface area contributed by atoms with Gasteiger partial charge in [-0.15, -0.1) is 0 Å². The van der Waals surface area contributed by atoms with Gasteiger partial charge in [-0.05, 0) is 5.56 Å². The SMILES string of the molecule is C[C@@H]1c2ccccc2[C@@]2(c3ccccc3)OO[C@@H]1O2. The molecule has 0 saturated carbocycles. The van der Waals surface area contributed by atoms with Crippen LogP contribution < -0.4 is 0 Å². The van der Waals surface area contributed by atoms with E-state index in [4.69, 9.17) is 14.5 Å². The molecular formula is C16H14O3. The summed E-state index contributed by atoms with van der Waals surface area (Å²) in [5.74, 6) is -0.759. The minimum absolute atomic E-state index is 0.163. The number of ether oxygens (including phenoxy) is 1. The molecular weight excluding hydrogens is 240 g/mol. The summed E-state index contributed by atoms with van der Waals surface area (Å²) in [4.78, 5) is 11.0. The molecule has 1 saturated heterocycles. The molecule has 4 rings (SSSR count). The lowest BCUT2D eigenvalue weighted by atomic mass is 9.85. The Labute approximate surface area is 111 Å². The average molecular weight is 254 g/mol. The Kier molecular flexibility index (Phi) is 2.30. The van der Waals surface area contributed by atoms with Crippen LogP contribution in [0, 0.1) is 0 Å². The lowest BCUT2D eigenvalue weighted by molar-refractivity contribution is -0.321. The molecule has 0 aromatic heterocycles. The molecule has 96 valence electrons. The first kappa shape index (κ1) is 11.2. The van der Waals surface area contributed by atoms with Crippen LogP contribution in [0.3, 0.4) is 0 Å². The molecule has 2 aliphatic heterocycles. The second-order valence-corrected chi connectivity index (χ2v) is 5.02. The molecule has 3 heteroatoms. The lowest BCUT2D eigenvalue weighted by Gasteiger charge is -2.34. The molecule has 19 heavy (non-hydrogen) atoms. The molecule has 0 N–H and O–H groups in total. The highest BCUT2D eigenvalue weighted by Gasteiger charge is 2.54. The van der Waals surface area contributed by atoms with E-state index in [1.54, 1.807) is 0 Å². The predicted octanol–water partition coefficient (Wildman–Crippen LogP) is 3.31. The first-order chi connectivity index (χ1) is 9.31. The highest BCUT2D eigenvalue weighted by atomic mass is 17.3. The molecule has 0 aliphatic carbocycles. The zero-order valence-corrected chi connectivity index (χ0v) is 10.6. The third-order valence-corrected chi connectivity index (χ3v) is 3.91. The van der Waals surface area contributed by atoms with Crippen LogP contribution in [0.1, 0.15) is 29.5 Å². The van der Waals surface area contributed by atoms with Crippen LogP contribution in [-0.2, 0) is 20.3 Å². The van der Waals surface area contributed by atoms with E-state index in [1.807, 2.05) is 48.5 Å². The summed E-state index contributed by atoms with van der Waals surface area (Å²) in [5.41, 5.74) is 3.21. The van der Waals surface area contributed by atoms with Gasteiger partial charge in [0.1, 0.15) is 0 Å². The molecule has 0 unspecified atom stereocenters. The summed E-state index contributed by atoms with van der Waals surface area (Å²) < 4.78 is 6.07. The van der Waals surface area contributed by atoms with Gasteiger partial charge in [0.05, 0.1) is 0 Å². The lowest BCUT2D eigenvalue weighted by Crippen LogP contribution is -2.36. The fourth-order valence-electron chi connectivity index (χ4n) is 2.88. The molecule has 0 amide bonds. The van der Waals surface area contributed by atoms with Gasteiger partial charge in [0, 0.05) is 17.0 Å². The van der Waals surface area contributed by atoms with E-state index in [-0.39, 0.29) is 12.2 Å². The van der Waals surface area contributed by atoms with Crippen molar-refractivity contribution in [1.82, 2.24) is 0 Å². The maximum Gasteiger partial charge on any atom is 0.256 e. The smallest absolute Gasteiger partial charge is 0.256 e. The van der Waals surface area contributed by atoms with Crippen molar-refractivity contribution in [1.29, 1.82) is 0 Å². The summed E-state index contributed by atoms with van der Waals surface area (Å²) in [6, 6.07) is 18.1. The van der Waals surface area contributed by atoms with Crippen LogP contribution in [0.4, 0.5) is 0 Å². The topological polar surface area (TPSA) is 27.7 Å². The maximum atomic E-state index is 6.07. The fourth-order valence-corrected chi connectivity index (χ4v) is 2.88. The monoisotopic (exact) mass is 254 g/mol. The summed E-state index contributed by atoms with van der Waals surface area (Å²) in [7, 11) is 0. The van der Waals surface area contributed by atoms with Crippen LogP contribution in [0.2, 0.25) is 0 Å². The van der Waals surface area contributed by atoms with E-state index >= 15 is 0 Å². The molecule has 3 atom stereocenters. The molecule has 3 nitrogen and oxygen atoms in total. The normalized spacial score (nSPS) is 32.1. The number of rotatable bonds is 1. The Morgan fingerprint density at radius 3 is 2.53 bits per heavy atom. The van der Waals surface area contributed by atoms with Crippen molar-refractivity contribution in [3.8, 4) is 0 Å². The second-order valence-electron chi connectivity index (χ2n) is 5.02. The zero-order valence-electron chi connectivity index (χ0n) is 10.6.